The molecule has 1 unspecified atom stereocenters. The maximum atomic E-state index is 13.4. The van der Waals surface area contributed by atoms with E-state index >= 15 is 0 Å². The fraction of sp³-hybridized carbons (Fsp3) is 0.429. The summed E-state index contributed by atoms with van der Waals surface area (Å²) in [6.45, 7) is 5.36. The molecule has 0 aromatic carbocycles. The molecule has 11 heteroatoms. The molecule has 0 bridgehead atoms. The number of pyridine rings is 1. The van der Waals surface area contributed by atoms with Gasteiger partial charge in [0.25, 0.3) is 12.3 Å². The second-order valence-electron chi connectivity index (χ2n) is 7.90. The van der Waals surface area contributed by atoms with Gasteiger partial charge in [-0.25, -0.2) is 13.8 Å². The monoisotopic (exact) mass is 481 g/mol. The minimum Gasteiger partial charge on any atom is -0.365 e. The number of rotatable bonds is 7. The Balaban J connectivity index is 1.82. The molecule has 1 aliphatic carbocycles. The number of anilines is 1. The van der Waals surface area contributed by atoms with Gasteiger partial charge in [-0.2, -0.15) is 5.10 Å². The summed E-state index contributed by atoms with van der Waals surface area (Å²) in [6.07, 6.45) is -0.631. The largest absolute Gasteiger partial charge is 0.365 e. The highest BCUT2D eigenvalue weighted by Crippen LogP contribution is 2.48. The van der Waals surface area contributed by atoms with Gasteiger partial charge >= 0.3 is 0 Å². The first-order valence-corrected chi connectivity index (χ1v) is 11.4. The molecule has 1 aliphatic rings. The molecule has 3 aromatic heterocycles. The minimum atomic E-state index is -2.74. The average Bonchev–Trinajstić information content (AvgIpc) is 3.48. The number of fused-ring (bicyclic) bond motifs is 1. The van der Waals surface area contributed by atoms with E-state index in [9.17, 15) is 18.4 Å². The lowest BCUT2D eigenvalue weighted by Crippen LogP contribution is -2.28. The number of hydrogen-bond donors (Lipinski definition) is 2. The minimum absolute atomic E-state index is 0.0791. The van der Waals surface area contributed by atoms with Crippen LogP contribution in [0.1, 0.15) is 76.9 Å². The molecule has 4 rings (SSSR count). The van der Waals surface area contributed by atoms with Crippen LogP contribution in [0.4, 0.5) is 14.5 Å². The van der Waals surface area contributed by atoms with Gasteiger partial charge in [0.1, 0.15) is 21.4 Å². The highest BCUT2D eigenvalue weighted by atomic mass is 35.5. The van der Waals surface area contributed by atoms with Crippen LogP contribution >= 0.6 is 22.9 Å². The molecule has 170 valence electrons. The van der Waals surface area contributed by atoms with Crippen LogP contribution in [0, 0.1) is 13.8 Å². The Bertz CT molecular complexity index is 1230. The number of halogens is 3. The lowest BCUT2D eigenvalue weighted by atomic mass is 10.0. The van der Waals surface area contributed by atoms with E-state index in [2.05, 4.69) is 15.4 Å². The van der Waals surface area contributed by atoms with Gasteiger partial charge in [0.2, 0.25) is 5.91 Å². The third-order valence-electron chi connectivity index (χ3n) is 5.65. The number of nitrogens with zero attached hydrogens (tertiary/aromatic N) is 3. The van der Waals surface area contributed by atoms with Crippen molar-refractivity contribution < 1.29 is 18.4 Å². The van der Waals surface area contributed by atoms with E-state index in [1.54, 1.807) is 18.5 Å². The predicted molar refractivity (Wildman–Crippen MR) is 120 cm³/mol. The molecule has 1 atom stereocenters. The quantitative estimate of drug-likeness (QED) is 0.480. The molecule has 0 spiro atoms. The Kier molecular flexibility index (Phi) is 5.93. The maximum absolute atomic E-state index is 13.4. The maximum Gasteiger partial charge on any atom is 0.280 e. The standard InChI is InChI=1S/C21H22ClF2N5O2S/c1-4-13(29-9(3)15(22)8(2)28-29)20(31)27-16-14-11(10-5-6-10)7-12(18(23)24)26-21(14)32-17(16)19(25)30/h7,10,13,18H,4-6H2,1-3H3,(H2,25,30)(H,27,31). The molecule has 2 amide bonds. The average molecular weight is 482 g/mol. The van der Waals surface area contributed by atoms with Gasteiger partial charge in [0.05, 0.1) is 22.1 Å². The zero-order valence-electron chi connectivity index (χ0n) is 17.7. The zero-order valence-corrected chi connectivity index (χ0v) is 19.3. The molecule has 3 N–H and O–H groups in total. The summed E-state index contributed by atoms with van der Waals surface area (Å²) in [5.74, 6) is -1.08. The van der Waals surface area contributed by atoms with Gasteiger partial charge in [-0.3, -0.25) is 14.3 Å². The normalized spacial score (nSPS) is 14.8. The van der Waals surface area contributed by atoms with E-state index in [4.69, 9.17) is 17.3 Å². The molecular weight excluding hydrogens is 460 g/mol. The summed E-state index contributed by atoms with van der Waals surface area (Å²) in [5.41, 5.74) is 7.36. The van der Waals surface area contributed by atoms with Crippen LogP contribution < -0.4 is 11.1 Å². The van der Waals surface area contributed by atoms with Crippen molar-refractivity contribution in [3.63, 3.8) is 0 Å². The number of alkyl halides is 2. The third kappa shape index (κ3) is 3.86. The Labute approximate surface area is 191 Å². The molecule has 3 aromatic rings. The van der Waals surface area contributed by atoms with Crippen molar-refractivity contribution in [2.75, 3.05) is 5.32 Å². The molecule has 0 radical (unpaired) electrons. The number of carbonyl (C=O) groups excluding carboxylic acids is 2. The molecule has 0 aliphatic heterocycles. The van der Waals surface area contributed by atoms with Crippen LogP contribution in [-0.2, 0) is 4.79 Å². The number of aryl methyl sites for hydroxylation is 1. The van der Waals surface area contributed by atoms with E-state index < -0.39 is 24.3 Å². The van der Waals surface area contributed by atoms with Gasteiger partial charge in [0.15, 0.2) is 0 Å². The summed E-state index contributed by atoms with van der Waals surface area (Å²) in [4.78, 5) is 29.9. The fourth-order valence-electron chi connectivity index (χ4n) is 3.89. The molecule has 1 saturated carbocycles. The van der Waals surface area contributed by atoms with Crippen LogP contribution in [0.2, 0.25) is 5.02 Å². The van der Waals surface area contributed by atoms with E-state index in [1.807, 2.05) is 6.92 Å². The van der Waals surface area contributed by atoms with Crippen molar-refractivity contribution in [2.45, 2.75) is 58.4 Å². The van der Waals surface area contributed by atoms with Crippen LogP contribution in [-0.4, -0.2) is 26.6 Å². The Hall–Kier alpha value is -2.59. The number of amides is 2. The molecule has 0 saturated heterocycles. The van der Waals surface area contributed by atoms with Crippen LogP contribution in [0.3, 0.4) is 0 Å². The van der Waals surface area contributed by atoms with E-state index in [1.165, 1.54) is 6.07 Å². The summed E-state index contributed by atoms with van der Waals surface area (Å²) >= 11 is 7.16. The van der Waals surface area contributed by atoms with Gasteiger partial charge in [0, 0.05) is 5.39 Å². The smallest absolute Gasteiger partial charge is 0.280 e. The van der Waals surface area contributed by atoms with Crippen molar-refractivity contribution in [1.82, 2.24) is 14.8 Å². The van der Waals surface area contributed by atoms with Crippen molar-refractivity contribution in [3.8, 4) is 0 Å². The van der Waals surface area contributed by atoms with Gasteiger partial charge < -0.3 is 11.1 Å². The number of primary amides is 1. The number of hydrogen-bond acceptors (Lipinski definition) is 5. The third-order valence-corrected chi connectivity index (χ3v) is 7.29. The van der Waals surface area contributed by atoms with Crippen molar-refractivity contribution in [2.24, 2.45) is 5.73 Å². The second-order valence-corrected chi connectivity index (χ2v) is 9.28. The van der Waals surface area contributed by atoms with E-state index in [0.717, 1.165) is 24.2 Å². The molecule has 32 heavy (non-hydrogen) atoms. The lowest BCUT2D eigenvalue weighted by molar-refractivity contribution is -0.119. The van der Waals surface area contributed by atoms with Gasteiger partial charge in [-0.15, -0.1) is 11.3 Å². The number of thiophene rings is 1. The first-order valence-electron chi connectivity index (χ1n) is 10.2. The van der Waals surface area contributed by atoms with Crippen LogP contribution in [0.15, 0.2) is 6.07 Å². The first-order chi connectivity index (χ1) is 15.1. The van der Waals surface area contributed by atoms with Crippen molar-refractivity contribution in [3.05, 3.63) is 38.6 Å². The Morgan fingerprint density at radius 1 is 1.38 bits per heavy atom. The van der Waals surface area contributed by atoms with E-state index in [0.29, 0.717) is 33.8 Å². The summed E-state index contributed by atoms with van der Waals surface area (Å²) in [7, 11) is 0. The summed E-state index contributed by atoms with van der Waals surface area (Å²) in [6, 6.07) is 0.685. The SMILES string of the molecule is CCC(C(=O)Nc1c(C(N)=O)sc2nc(C(F)F)cc(C3CC3)c12)n1nc(C)c(Cl)c1C. The molecule has 1 fully saturated rings. The van der Waals surface area contributed by atoms with Crippen molar-refractivity contribution in [1.29, 1.82) is 0 Å². The molecular formula is C21H22ClF2N5O2S. The van der Waals surface area contributed by atoms with Gasteiger partial charge in [-0.1, -0.05) is 18.5 Å². The summed E-state index contributed by atoms with van der Waals surface area (Å²) < 4.78 is 28.4. The van der Waals surface area contributed by atoms with Gasteiger partial charge in [-0.05, 0) is 50.7 Å². The Morgan fingerprint density at radius 3 is 2.56 bits per heavy atom. The van der Waals surface area contributed by atoms with Crippen LogP contribution in [0.25, 0.3) is 10.2 Å². The number of aromatic nitrogens is 3. The predicted octanol–water partition coefficient (Wildman–Crippen LogP) is 5.27. The number of nitrogens with two attached hydrogens (primary N) is 1. The van der Waals surface area contributed by atoms with E-state index in [-0.39, 0.29) is 27.0 Å². The fourth-order valence-corrected chi connectivity index (χ4v) is 5.04. The first kappa shape index (κ1) is 22.6. The second kappa shape index (κ2) is 8.40. The number of nitrogens with one attached hydrogen (secondary N) is 1. The summed E-state index contributed by atoms with van der Waals surface area (Å²) in [5, 5.41) is 8.19. The van der Waals surface area contributed by atoms with Crippen LogP contribution in [0.5, 0.6) is 0 Å². The molecule has 3 heterocycles. The topological polar surface area (TPSA) is 103 Å². The Morgan fingerprint density at radius 2 is 2.06 bits per heavy atom. The zero-order chi connectivity index (χ0) is 23.3. The molecule has 7 nitrogen and oxygen atoms in total. The van der Waals surface area contributed by atoms with Crippen molar-refractivity contribution >= 4 is 50.7 Å². The number of carbonyl (C=O) groups is 2. The highest BCUT2D eigenvalue weighted by Gasteiger charge is 2.33. The highest BCUT2D eigenvalue weighted by molar-refractivity contribution is 7.21. The lowest BCUT2D eigenvalue weighted by Gasteiger charge is -2.18.